The lowest BCUT2D eigenvalue weighted by atomic mass is 10.2. The molecule has 4 heteroatoms. The fourth-order valence-electron chi connectivity index (χ4n) is 1.26. The van der Waals surface area contributed by atoms with Gasteiger partial charge in [0.2, 0.25) is 0 Å². The van der Waals surface area contributed by atoms with Crippen molar-refractivity contribution in [1.29, 1.82) is 0 Å². The average molecular weight is 272 g/mol. The number of aryl methyl sites for hydroxylation is 1. The molecule has 0 spiro atoms. The van der Waals surface area contributed by atoms with Crippen molar-refractivity contribution in [3.63, 3.8) is 0 Å². The van der Waals surface area contributed by atoms with Gasteiger partial charge in [0.1, 0.15) is 5.75 Å². The quantitative estimate of drug-likeness (QED) is 0.623. The summed E-state index contributed by atoms with van der Waals surface area (Å²) in [7, 11) is 1.71. The number of benzene rings is 1. The Hall–Kier alpha value is -1.03. The fourth-order valence-corrected chi connectivity index (χ4v) is 1.47. The van der Waals surface area contributed by atoms with Gasteiger partial charge in [0.05, 0.1) is 6.61 Å². The molecule has 0 aromatic heterocycles. The third-order valence-corrected chi connectivity index (χ3v) is 2.64. The van der Waals surface area contributed by atoms with Crippen LogP contribution in [0.3, 0.4) is 0 Å². The molecule has 1 aromatic rings. The molecule has 0 aliphatic carbocycles. The van der Waals surface area contributed by atoms with Crippen molar-refractivity contribution in [3.05, 3.63) is 23.8 Å². The number of rotatable bonds is 3. The van der Waals surface area contributed by atoms with Gasteiger partial charge in [0, 0.05) is 28.7 Å². The van der Waals surface area contributed by atoms with Gasteiger partial charge in [-0.3, -0.25) is 4.79 Å². The van der Waals surface area contributed by atoms with E-state index in [1.165, 1.54) is 4.90 Å². The molecule has 0 unspecified atom stereocenters. The highest BCUT2D eigenvalue weighted by atomic mass is 79.9. The van der Waals surface area contributed by atoms with Crippen molar-refractivity contribution in [3.8, 4) is 5.75 Å². The molecule has 0 aliphatic heterocycles. The maximum Gasteiger partial charge on any atom is 0.293 e. The second-order valence-electron chi connectivity index (χ2n) is 3.19. The van der Waals surface area contributed by atoms with Gasteiger partial charge in [-0.05, 0) is 37.6 Å². The number of anilines is 1. The van der Waals surface area contributed by atoms with Crippen LogP contribution in [0.4, 0.5) is 10.5 Å². The van der Waals surface area contributed by atoms with Gasteiger partial charge >= 0.3 is 0 Å². The number of hydrogen-bond donors (Lipinski definition) is 0. The highest BCUT2D eigenvalue weighted by Gasteiger charge is 2.08. The highest BCUT2D eigenvalue weighted by molar-refractivity contribution is 9.18. The SMILES string of the molecule is CCOc1ccc(N(C)C(=O)Br)cc1C. The maximum atomic E-state index is 11.1. The molecule has 0 atom stereocenters. The Morgan fingerprint density at radius 2 is 2.20 bits per heavy atom. The molecule has 0 fully saturated rings. The van der Waals surface area contributed by atoms with E-state index in [1.807, 2.05) is 32.0 Å². The summed E-state index contributed by atoms with van der Waals surface area (Å²) in [6, 6.07) is 5.65. The highest BCUT2D eigenvalue weighted by Crippen LogP contribution is 2.24. The van der Waals surface area contributed by atoms with Crippen molar-refractivity contribution in [2.45, 2.75) is 13.8 Å². The molecule has 82 valence electrons. The molecule has 0 saturated heterocycles. The molecule has 1 aromatic carbocycles. The first kappa shape index (κ1) is 12.0. The molecule has 1 rings (SSSR count). The Labute approximate surface area is 98.2 Å². The Bertz CT molecular complexity index is 366. The van der Waals surface area contributed by atoms with Gasteiger partial charge in [-0.2, -0.15) is 0 Å². The smallest absolute Gasteiger partial charge is 0.293 e. The van der Waals surface area contributed by atoms with Gasteiger partial charge in [0.25, 0.3) is 4.82 Å². The second kappa shape index (κ2) is 5.16. The summed E-state index contributed by atoms with van der Waals surface area (Å²) < 4.78 is 5.42. The van der Waals surface area contributed by atoms with Gasteiger partial charge in [-0.25, -0.2) is 0 Å². The molecular weight excluding hydrogens is 258 g/mol. The molecule has 0 saturated carbocycles. The zero-order valence-electron chi connectivity index (χ0n) is 9.08. The molecule has 1 amide bonds. The van der Waals surface area contributed by atoms with Crippen molar-refractivity contribution >= 4 is 26.4 Å². The Morgan fingerprint density at radius 1 is 1.53 bits per heavy atom. The first-order valence-electron chi connectivity index (χ1n) is 4.73. The molecule has 0 N–H and O–H groups in total. The Balaban J connectivity index is 2.95. The number of hydrogen-bond acceptors (Lipinski definition) is 2. The van der Waals surface area contributed by atoms with Crippen molar-refractivity contribution in [2.75, 3.05) is 18.6 Å². The van der Waals surface area contributed by atoms with Crippen molar-refractivity contribution in [2.24, 2.45) is 0 Å². The number of nitrogens with zero attached hydrogens (tertiary/aromatic N) is 1. The van der Waals surface area contributed by atoms with Crippen LogP contribution in [0.1, 0.15) is 12.5 Å². The van der Waals surface area contributed by atoms with E-state index in [1.54, 1.807) is 7.05 Å². The molecule has 0 radical (unpaired) electrons. The number of halogens is 1. The predicted octanol–water partition coefficient (Wildman–Crippen LogP) is 3.34. The van der Waals surface area contributed by atoms with Crippen LogP contribution in [0.2, 0.25) is 0 Å². The predicted molar refractivity (Wildman–Crippen MR) is 65.1 cm³/mol. The van der Waals surface area contributed by atoms with E-state index < -0.39 is 0 Å². The van der Waals surface area contributed by atoms with E-state index in [0.29, 0.717) is 6.61 Å². The number of carbonyl (C=O) groups is 1. The third-order valence-electron chi connectivity index (χ3n) is 2.11. The molecule has 15 heavy (non-hydrogen) atoms. The van der Waals surface area contributed by atoms with Crippen LogP contribution in [-0.2, 0) is 0 Å². The van der Waals surface area contributed by atoms with Gasteiger partial charge < -0.3 is 9.64 Å². The summed E-state index contributed by atoms with van der Waals surface area (Å²) >= 11 is 2.91. The third kappa shape index (κ3) is 2.96. The van der Waals surface area contributed by atoms with Crippen LogP contribution < -0.4 is 9.64 Å². The second-order valence-corrected chi connectivity index (χ2v) is 3.87. The first-order chi connectivity index (χ1) is 7.06. The van der Waals surface area contributed by atoms with Crippen LogP contribution in [0, 0.1) is 6.92 Å². The van der Waals surface area contributed by atoms with E-state index in [0.717, 1.165) is 17.0 Å². The van der Waals surface area contributed by atoms with E-state index in [9.17, 15) is 4.79 Å². The summed E-state index contributed by atoms with van der Waals surface area (Å²) in [6.45, 7) is 4.55. The zero-order valence-corrected chi connectivity index (χ0v) is 10.7. The van der Waals surface area contributed by atoms with Crippen molar-refractivity contribution < 1.29 is 9.53 Å². The number of ether oxygens (including phenoxy) is 1. The van der Waals surface area contributed by atoms with E-state index in [4.69, 9.17) is 4.74 Å². The molecule has 0 heterocycles. The Kier molecular flexibility index (Phi) is 4.15. The summed E-state index contributed by atoms with van der Waals surface area (Å²) in [5, 5.41) is 0. The summed E-state index contributed by atoms with van der Waals surface area (Å²) in [6.07, 6.45) is 0. The molecule has 0 aliphatic rings. The summed E-state index contributed by atoms with van der Waals surface area (Å²) in [5.41, 5.74) is 1.87. The largest absolute Gasteiger partial charge is 0.494 e. The van der Waals surface area contributed by atoms with Gasteiger partial charge in [-0.1, -0.05) is 0 Å². The lowest BCUT2D eigenvalue weighted by molar-refractivity contribution is 0.267. The minimum absolute atomic E-state index is 0.161. The number of carbonyl (C=O) groups excluding carboxylic acids is 1. The molecule has 3 nitrogen and oxygen atoms in total. The molecule has 0 bridgehead atoms. The standard InChI is InChI=1S/C11H14BrNO2/c1-4-15-10-6-5-9(7-8(10)2)13(3)11(12)14/h5-7H,4H2,1-3H3. The van der Waals surface area contributed by atoms with Crippen molar-refractivity contribution in [1.82, 2.24) is 0 Å². The number of amides is 1. The van der Waals surface area contributed by atoms with E-state index >= 15 is 0 Å². The average Bonchev–Trinajstić information content (AvgIpc) is 2.20. The topological polar surface area (TPSA) is 29.5 Å². The maximum absolute atomic E-state index is 11.1. The lowest BCUT2D eigenvalue weighted by Crippen LogP contribution is -2.19. The monoisotopic (exact) mass is 271 g/mol. The first-order valence-corrected chi connectivity index (χ1v) is 5.52. The van der Waals surface area contributed by atoms with Crippen LogP contribution in [0.15, 0.2) is 18.2 Å². The molecular formula is C11H14BrNO2. The van der Waals surface area contributed by atoms with Crippen LogP contribution in [-0.4, -0.2) is 18.5 Å². The van der Waals surface area contributed by atoms with Crippen LogP contribution in [0.5, 0.6) is 5.75 Å². The van der Waals surface area contributed by atoms with Crippen LogP contribution in [0.25, 0.3) is 0 Å². The summed E-state index contributed by atoms with van der Waals surface area (Å²) in [4.78, 5) is 12.4. The van der Waals surface area contributed by atoms with Crippen LogP contribution >= 0.6 is 15.9 Å². The minimum atomic E-state index is -0.161. The zero-order chi connectivity index (χ0) is 11.4. The van der Waals surface area contributed by atoms with E-state index in [-0.39, 0.29) is 4.82 Å². The van der Waals surface area contributed by atoms with Gasteiger partial charge in [0.15, 0.2) is 0 Å². The van der Waals surface area contributed by atoms with E-state index in [2.05, 4.69) is 15.9 Å². The summed E-state index contributed by atoms with van der Waals surface area (Å²) in [5.74, 6) is 0.858. The Morgan fingerprint density at radius 3 is 2.67 bits per heavy atom. The normalized spacial score (nSPS) is 9.87. The minimum Gasteiger partial charge on any atom is -0.494 e. The van der Waals surface area contributed by atoms with Gasteiger partial charge in [-0.15, -0.1) is 0 Å². The fraction of sp³-hybridized carbons (Fsp3) is 0.364. The lowest BCUT2D eigenvalue weighted by Gasteiger charge is -2.15.